The largest absolute Gasteiger partial charge is 0.394 e. The highest BCUT2D eigenvalue weighted by Gasteiger charge is 2.56. The summed E-state index contributed by atoms with van der Waals surface area (Å²) in [5.74, 6) is -0.789. The van der Waals surface area contributed by atoms with Crippen LogP contribution in [0.4, 0.5) is 0 Å². The molecule has 5 atom stereocenters. The number of rotatable bonds is 2. The van der Waals surface area contributed by atoms with E-state index in [1.165, 1.54) is 0 Å². The molecule has 6 N–H and O–H groups in total. The van der Waals surface area contributed by atoms with Gasteiger partial charge in [0.15, 0.2) is 17.7 Å². The standard InChI is InChI=1S/C8H15NO6/c1-3(11)8(14)5(9)7(13)15-4(2-10)6(8)12/h4-7,10,12-14H,2,9H2,1H3/t4-,5+,6-,7-,8-/m1/s1. The first-order valence-corrected chi connectivity index (χ1v) is 4.47. The van der Waals surface area contributed by atoms with Crippen molar-refractivity contribution in [3.05, 3.63) is 0 Å². The number of nitrogens with two attached hydrogens (primary N) is 1. The Hall–Kier alpha value is -0.570. The number of hydrogen-bond acceptors (Lipinski definition) is 7. The number of carbonyl (C=O) groups is 1. The van der Waals surface area contributed by atoms with Gasteiger partial charge in [0.1, 0.15) is 12.2 Å². The zero-order chi connectivity index (χ0) is 11.8. The Morgan fingerprint density at radius 2 is 2.07 bits per heavy atom. The molecule has 0 spiro atoms. The van der Waals surface area contributed by atoms with E-state index in [0.29, 0.717) is 0 Å². The summed E-state index contributed by atoms with van der Waals surface area (Å²) in [6.45, 7) is 0.399. The molecular formula is C8H15NO6. The van der Waals surface area contributed by atoms with E-state index in [2.05, 4.69) is 0 Å². The molecule has 1 saturated heterocycles. The molecule has 0 amide bonds. The maximum absolute atomic E-state index is 11.2. The van der Waals surface area contributed by atoms with Crippen LogP contribution in [-0.2, 0) is 9.53 Å². The molecule has 0 radical (unpaired) electrons. The van der Waals surface area contributed by atoms with Gasteiger partial charge in [0.05, 0.1) is 12.6 Å². The minimum Gasteiger partial charge on any atom is -0.394 e. The maximum atomic E-state index is 11.2. The van der Waals surface area contributed by atoms with Crippen LogP contribution in [0.2, 0.25) is 0 Å². The number of ketones is 1. The molecule has 88 valence electrons. The Morgan fingerprint density at radius 3 is 2.47 bits per heavy atom. The van der Waals surface area contributed by atoms with Crippen molar-refractivity contribution in [1.29, 1.82) is 0 Å². The Bertz CT molecular complexity index is 260. The van der Waals surface area contributed by atoms with Crippen LogP contribution < -0.4 is 5.73 Å². The van der Waals surface area contributed by atoms with E-state index in [4.69, 9.17) is 15.6 Å². The minimum absolute atomic E-state index is 0.638. The Morgan fingerprint density at radius 1 is 1.53 bits per heavy atom. The first-order valence-electron chi connectivity index (χ1n) is 4.47. The molecular weight excluding hydrogens is 206 g/mol. The van der Waals surface area contributed by atoms with E-state index < -0.39 is 42.5 Å². The van der Waals surface area contributed by atoms with E-state index >= 15 is 0 Å². The van der Waals surface area contributed by atoms with Gasteiger partial charge in [-0.3, -0.25) is 4.79 Å². The zero-order valence-corrected chi connectivity index (χ0v) is 8.20. The van der Waals surface area contributed by atoms with Gasteiger partial charge < -0.3 is 30.9 Å². The maximum Gasteiger partial charge on any atom is 0.173 e. The lowest BCUT2D eigenvalue weighted by Gasteiger charge is -2.45. The van der Waals surface area contributed by atoms with Crippen molar-refractivity contribution in [2.45, 2.75) is 37.1 Å². The molecule has 7 heteroatoms. The predicted octanol–water partition coefficient (Wildman–Crippen LogP) is -3.30. The second-order valence-corrected chi connectivity index (χ2v) is 3.60. The number of aliphatic hydroxyl groups excluding tert-OH is 3. The molecule has 1 heterocycles. The highest BCUT2D eigenvalue weighted by atomic mass is 16.6. The van der Waals surface area contributed by atoms with Crippen LogP contribution in [0.1, 0.15) is 6.92 Å². The van der Waals surface area contributed by atoms with Crippen LogP contribution in [0, 0.1) is 0 Å². The molecule has 0 bridgehead atoms. The molecule has 0 unspecified atom stereocenters. The monoisotopic (exact) mass is 221 g/mol. The fraction of sp³-hybridized carbons (Fsp3) is 0.875. The van der Waals surface area contributed by atoms with Crippen LogP contribution in [0.5, 0.6) is 0 Å². The molecule has 1 aliphatic heterocycles. The summed E-state index contributed by atoms with van der Waals surface area (Å²) in [6.07, 6.45) is -4.52. The summed E-state index contributed by atoms with van der Waals surface area (Å²) in [7, 11) is 0. The molecule has 0 aromatic heterocycles. The van der Waals surface area contributed by atoms with Crippen molar-refractivity contribution < 1.29 is 30.0 Å². The van der Waals surface area contributed by atoms with Gasteiger partial charge in [0.2, 0.25) is 0 Å². The summed E-state index contributed by atoms with van der Waals surface area (Å²) >= 11 is 0. The number of Topliss-reactive ketones (excluding diaryl/α,β-unsaturated/α-hetero) is 1. The lowest BCUT2D eigenvalue weighted by molar-refractivity contribution is -0.274. The summed E-state index contributed by atoms with van der Waals surface area (Å²) < 4.78 is 4.72. The molecule has 15 heavy (non-hydrogen) atoms. The van der Waals surface area contributed by atoms with Crippen LogP contribution in [0.3, 0.4) is 0 Å². The van der Waals surface area contributed by atoms with Crippen LogP contribution in [-0.4, -0.2) is 63.0 Å². The van der Waals surface area contributed by atoms with Crippen LogP contribution in [0.25, 0.3) is 0 Å². The quantitative estimate of drug-likeness (QED) is 0.330. The van der Waals surface area contributed by atoms with Gasteiger partial charge >= 0.3 is 0 Å². The fourth-order valence-corrected chi connectivity index (χ4v) is 1.62. The second kappa shape index (κ2) is 4.12. The van der Waals surface area contributed by atoms with Gasteiger partial charge in [0, 0.05) is 0 Å². The van der Waals surface area contributed by atoms with Crippen molar-refractivity contribution >= 4 is 5.78 Å². The predicted molar refractivity (Wildman–Crippen MR) is 47.6 cm³/mol. The SMILES string of the molecule is CC(=O)[C@]1(O)[C@H](O)[C@@H](CO)O[C@@H](O)[C@@H]1N. The average molecular weight is 221 g/mol. The summed E-state index contributed by atoms with van der Waals surface area (Å²) in [6, 6.07) is -1.45. The first-order chi connectivity index (χ1) is 6.85. The highest BCUT2D eigenvalue weighted by molar-refractivity contribution is 5.86. The van der Waals surface area contributed by atoms with E-state index in [1.54, 1.807) is 0 Å². The van der Waals surface area contributed by atoms with Gasteiger partial charge in [-0.25, -0.2) is 0 Å². The molecule has 1 aliphatic rings. The number of hydrogen-bond donors (Lipinski definition) is 5. The topological polar surface area (TPSA) is 133 Å². The lowest BCUT2D eigenvalue weighted by Crippen LogP contribution is -2.72. The van der Waals surface area contributed by atoms with Crippen molar-refractivity contribution in [3.8, 4) is 0 Å². The Labute approximate surface area is 86.1 Å². The smallest absolute Gasteiger partial charge is 0.173 e. The molecule has 0 aliphatic carbocycles. The van der Waals surface area contributed by atoms with Gasteiger partial charge in [-0.1, -0.05) is 0 Å². The number of carbonyl (C=O) groups excluding carboxylic acids is 1. The normalized spacial score (nSPS) is 46.5. The summed E-state index contributed by atoms with van der Waals surface area (Å²) in [5, 5.41) is 37.6. The molecule has 0 aromatic carbocycles. The van der Waals surface area contributed by atoms with E-state index in [9.17, 15) is 20.1 Å². The summed E-state index contributed by atoms with van der Waals surface area (Å²) in [5.41, 5.74) is 3.08. The van der Waals surface area contributed by atoms with Gasteiger partial charge in [0.25, 0.3) is 0 Å². The van der Waals surface area contributed by atoms with Gasteiger partial charge in [-0.2, -0.15) is 0 Å². The van der Waals surface area contributed by atoms with Crippen molar-refractivity contribution in [1.82, 2.24) is 0 Å². The zero-order valence-electron chi connectivity index (χ0n) is 8.20. The third kappa shape index (κ3) is 1.78. The molecule has 1 fully saturated rings. The van der Waals surface area contributed by atoms with Gasteiger partial charge in [-0.15, -0.1) is 0 Å². The third-order valence-electron chi connectivity index (χ3n) is 2.68. The number of aliphatic hydroxyl groups is 4. The Kier molecular flexibility index (Phi) is 3.44. The molecule has 1 rings (SSSR count). The van der Waals surface area contributed by atoms with E-state index in [-0.39, 0.29) is 0 Å². The van der Waals surface area contributed by atoms with Crippen molar-refractivity contribution in [2.24, 2.45) is 5.73 Å². The fourth-order valence-electron chi connectivity index (χ4n) is 1.62. The van der Waals surface area contributed by atoms with Crippen LogP contribution >= 0.6 is 0 Å². The molecule has 0 saturated carbocycles. The van der Waals surface area contributed by atoms with Gasteiger partial charge in [-0.05, 0) is 6.92 Å². The third-order valence-corrected chi connectivity index (χ3v) is 2.68. The number of ether oxygens (including phenoxy) is 1. The van der Waals surface area contributed by atoms with E-state index in [0.717, 1.165) is 6.92 Å². The minimum atomic E-state index is -2.30. The van der Waals surface area contributed by atoms with E-state index in [1.807, 2.05) is 0 Å². The summed E-state index contributed by atoms with van der Waals surface area (Å²) in [4.78, 5) is 11.2. The van der Waals surface area contributed by atoms with Crippen LogP contribution in [0.15, 0.2) is 0 Å². The average Bonchev–Trinajstić information content (AvgIpc) is 2.20. The van der Waals surface area contributed by atoms with Crippen molar-refractivity contribution in [3.63, 3.8) is 0 Å². The second-order valence-electron chi connectivity index (χ2n) is 3.60. The lowest BCUT2D eigenvalue weighted by atomic mass is 9.80. The highest BCUT2D eigenvalue weighted by Crippen LogP contribution is 2.28. The molecule has 0 aromatic rings. The first kappa shape index (κ1) is 12.5. The van der Waals surface area contributed by atoms with Crippen molar-refractivity contribution in [2.75, 3.05) is 6.61 Å². The molecule has 7 nitrogen and oxygen atoms in total. The Balaban J connectivity index is 3.04.